The first-order valence-corrected chi connectivity index (χ1v) is 8.29. The second kappa shape index (κ2) is 7.26. The molecule has 2 unspecified atom stereocenters. The SMILES string of the molecule is CCCNc1ccnc(COC2CC(C)CC(C)(C)C2)c1. The summed E-state index contributed by atoms with van der Waals surface area (Å²) in [4.78, 5) is 4.42. The second-order valence-electron chi connectivity index (χ2n) is 7.31. The summed E-state index contributed by atoms with van der Waals surface area (Å²) >= 11 is 0. The van der Waals surface area contributed by atoms with E-state index in [1.54, 1.807) is 0 Å². The third-order valence-electron chi connectivity index (χ3n) is 4.21. The average molecular weight is 290 g/mol. The maximum atomic E-state index is 6.14. The highest BCUT2D eigenvalue weighted by Gasteiger charge is 2.32. The van der Waals surface area contributed by atoms with Gasteiger partial charge in [0, 0.05) is 18.4 Å². The minimum Gasteiger partial charge on any atom is -0.385 e. The molecule has 0 aliphatic heterocycles. The molecule has 3 nitrogen and oxygen atoms in total. The number of hydrogen-bond acceptors (Lipinski definition) is 3. The lowest BCUT2D eigenvalue weighted by atomic mass is 9.71. The minimum absolute atomic E-state index is 0.373. The van der Waals surface area contributed by atoms with Crippen molar-refractivity contribution in [1.82, 2.24) is 4.98 Å². The quantitative estimate of drug-likeness (QED) is 0.829. The number of hydrogen-bond donors (Lipinski definition) is 1. The zero-order chi connectivity index (χ0) is 15.3. The third-order valence-corrected chi connectivity index (χ3v) is 4.21. The molecular weight excluding hydrogens is 260 g/mol. The smallest absolute Gasteiger partial charge is 0.0892 e. The van der Waals surface area contributed by atoms with Crippen LogP contribution < -0.4 is 5.32 Å². The van der Waals surface area contributed by atoms with E-state index in [0.29, 0.717) is 18.1 Å². The van der Waals surface area contributed by atoms with Crippen molar-refractivity contribution in [3.05, 3.63) is 24.0 Å². The molecule has 3 heteroatoms. The first-order chi connectivity index (χ1) is 9.98. The fraction of sp³-hybridized carbons (Fsp3) is 0.722. The van der Waals surface area contributed by atoms with Gasteiger partial charge in [-0.15, -0.1) is 0 Å². The second-order valence-corrected chi connectivity index (χ2v) is 7.31. The van der Waals surface area contributed by atoms with Crippen molar-refractivity contribution in [2.45, 2.75) is 66.1 Å². The zero-order valence-electron chi connectivity index (χ0n) is 14.0. The van der Waals surface area contributed by atoms with Crippen molar-refractivity contribution in [3.63, 3.8) is 0 Å². The molecule has 1 fully saturated rings. The molecule has 1 N–H and O–H groups in total. The number of nitrogens with one attached hydrogen (secondary N) is 1. The lowest BCUT2D eigenvalue weighted by molar-refractivity contribution is -0.0326. The molecule has 1 saturated carbocycles. The van der Waals surface area contributed by atoms with Crippen LogP contribution in [0.15, 0.2) is 18.3 Å². The van der Waals surface area contributed by atoms with E-state index in [4.69, 9.17) is 4.74 Å². The first kappa shape index (κ1) is 16.3. The van der Waals surface area contributed by atoms with Crippen molar-refractivity contribution < 1.29 is 4.74 Å². The fourth-order valence-corrected chi connectivity index (χ4v) is 3.53. The zero-order valence-corrected chi connectivity index (χ0v) is 14.0. The summed E-state index contributed by atoms with van der Waals surface area (Å²) in [6, 6.07) is 4.12. The van der Waals surface area contributed by atoms with Gasteiger partial charge in [-0.1, -0.05) is 27.7 Å². The van der Waals surface area contributed by atoms with E-state index in [1.807, 2.05) is 12.3 Å². The van der Waals surface area contributed by atoms with Gasteiger partial charge in [-0.2, -0.15) is 0 Å². The molecule has 1 heterocycles. The highest BCUT2D eigenvalue weighted by molar-refractivity contribution is 5.42. The van der Waals surface area contributed by atoms with Crippen LogP contribution in [0, 0.1) is 11.3 Å². The number of anilines is 1. The molecule has 1 aliphatic rings. The lowest BCUT2D eigenvalue weighted by Crippen LogP contribution is -2.32. The molecule has 0 radical (unpaired) electrons. The Morgan fingerprint density at radius 3 is 2.90 bits per heavy atom. The van der Waals surface area contributed by atoms with E-state index < -0.39 is 0 Å². The summed E-state index contributed by atoms with van der Waals surface area (Å²) in [7, 11) is 0. The van der Waals surface area contributed by atoms with Gasteiger partial charge in [0.15, 0.2) is 0 Å². The fourth-order valence-electron chi connectivity index (χ4n) is 3.53. The molecule has 0 amide bonds. The van der Waals surface area contributed by atoms with Gasteiger partial charge in [0.2, 0.25) is 0 Å². The summed E-state index contributed by atoms with van der Waals surface area (Å²) in [6.07, 6.45) is 7.01. The summed E-state index contributed by atoms with van der Waals surface area (Å²) in [5.41, 5.74) is 2.57. The number of pyridine rings is 1. The van der Waals surface area contributed by atoms with Crippen LogP contribution in [0.1, 0.15) is 59.1 Å². The van der Waals surface area contributed by atoms with Crippen LogP contribution in [0.2, 0.25) is 0 Å². The molecule has 1 aromatic rings. The van der Waals surface area contributed by atoms with Crippen LogP contribution >= 0.6 is 0 Å². The summed E-state index contributed by atoms with van der Waals surface area (Å²) in [5, 5.41) is 3.40. The Bertz CT molecular complexity index is 445. The average Bonchev–Trinajstić information content (AvgIpc) is 2.41. The Balaban J connectivity index is 1.87. The third kappa shape index (κ3) is 5.31. The van der Waals surface area contributed by atoms with E-state index in [-0.39, 0.29) is 0 Å². The van der Waals surface area contributed by atoms with Crippen molar-refractivity contribution in [2.24, 2.45) is 11.3 Å². The normalized spacial score (nSPS) is 24.8. The Morgan fingerprint density at radius 1 is 1.38 bits per heavy atom. The molecule has 1 aromatic heterocycles. The van der Waals surface area contributed by atoms with Crippen LogP contribution in [-0.2, 0) is 11.3 Å². The largest absolute Gasteiger partial charge is 0.385 e. The predicted octanol–water partition coefficient (Wildman–Crippen LogP) is 4.63. The van der Waals surface area contributed by atoms with Crippen molar-refractivity contribution in [1.29, 1.82) is 0 Å². The van der Waals surface area contributed by atoms with Crippen LogP contribution in [0.4, 0.5) is 5.69 Å². The molecule has 0 saturated heterocycles. The van der Waals surface area contributed by atoms with Gasteiger partial charge in [-0.25, -0.2) is 0 Å². The maximum absolute atomic E-state index is 6.14. The molecule has 118 valence electrons. The van der Waals surface area contributed by atoms with Gasteiger partial charge in [0.1, 0.15) is 0 Å². The number of nitrogens with zero attached hydrogens (tertiary/aromatic N) is 1. The van der Waals surface area contributed by atoms with E-state index >= 15 is 0 Å². The Morgan fingerprint density at radius 2 is 2.19 bits per heavy atom. The van der Waals surface area contributed by atoms with Crippen molar-refractivity contribution in [3.8, 4) is 0 Å². The van der Waals surface area contributed by atoms with Gasteiger partial charge in [0.05, 0.1) is 18.4 Å². The number of ether oxygens (including phenoxy) is 1. The molecule has 0 bridgehead atoms. The van der Waals surface area contributed by atoms with Crippen molar-refractivity contribution in [2.75, 3.05) is 11.9 Å². The van der Waals surface area contributed by atoms with Crippen molar-refractivity contribution >= 4 is 5.69 Å². The van der Waals surface area contributed by atoms with E-state index in [1.165, 1.54) is 12.8 Å². The Labute approximate surface area is 129 Å². The summed E-state index contributed by atoms with van der Waals surface area (Å²) in [5.74, 6) is 0.754. The Kier molecular flexibility index (Phi) is 5.63. The van der Waals surface area contributed by atoms with Gasteiger partial charge in [-0.05, 0) is 49.1 Å². The number of aromatic nitrogens is 1. The number of rotatable bonds is 6. The molecule has 2 rings (SSSR count). The molecule has 1 aliphatic carbocycles. The highest BCUT2D eigenvalue weighted by atomic mass is 16.5. The summed E-state index contributed by atoms with van der Waals surface area (Å²) in [6.45, 7) is 10.8. The standard InChI is InChI=1S/C18H30N2O/c1-5-7-19-15-6-8-20-16(10-15)13-21-17-9-14(2)11-18(3,4)12-17/h6,8,10,14,17H,5,7,9,11-13H2,1-4H3,(H,19,20). The molecular formula is C18H30N2O. The maximum Gasteiger partial charge on any atom is 0.0892 e. The Hall–Kier alpha value is -1.09. The van der Waals surface area contributed by atoms with E-state index in [9.17, 15) is 0 Å². The first-order valence-electron chi connectivity index (χ1n) is 8.29. The van der Waals surface area contributed by atoms with E-state index in [0.717, 1.165) is 36.7 Å². The van der Waals surface area contributed by atoms with Gasteiger partial charge >= 0.3 is 0 Å². The highest BCUT2D eigenvalue weighted by Crippen LogP contribution is 2.39. The van der Waals surface area contributed by atoms with Crippen LogP contribution in [0.5, 0.6) is 0 Å². The van der Waals surface area contributed by atoms with Crippen LogP contribution in [-0.4, -0.2) is 17.6 Å². The summed E-state index contributed by atoms with van der Waals surface area (Å²) < 4.78 is 6.14. The van der Waals surface area contributed by atoms with E-state index in [2.05, 4.69) is 44.1 Å². The molecule has 0 aromatic carbocycles. The topological polar surface area (TPSA) is 34.2 Å². The van der Waals surface area contributed by atoms with Crippen LogP contribution in [0.3, 0.4) is 0 Å². The minimum atomic E-state index is 0.373. The van der Waals surface area contributed by atoms with Gasteiger partial charge in [0.25, 0.3) is 0 Å². The molecule has 0 spiro atoms. The molecule has 21 heavy (non-hydrogen) atoms. The monoisotopic (exact) mass is 290 g/mol. The van der Waals surface area contributed by atoms with Gasteiger partial charge in [-0.3, -0.25) is 4.98 Å². The van der Waals surface area contributed by atoms with Crippen LogP contribution in [0.25, 0.3) is 0 Å². The lowest BCUT2D eigenvalue weighted by Gasteiger charge is -2.38. The predicted molar refractivity (Wildman–Crippen MR) is 88.4 cm³/mol. The molecule has 2 atom stereocenters. The van der Waals surface area contributed by atoms with Gasteiger partial charge < -0.3 is 10.1 Å².